The Balaban J connectivity index is 1.91. The van der Waals surface area contributed by atoms with Crippen molar-refractivity contribution in [3.63, 3.8) is 0 Å². The van der Waals surface area contributed by atoms with Crippen LogP contribution in [0.5, 0.6) is 17.2 Å². The van der Waals surface area contributed by atoms with Crippen LogP contribution in [0.3, 0.4) is 0 Å². The molecule has 0 bridgehead atoms. The molecule has 0 aromatic heterocycles. The quantitative estimate of drug-likeness (QED) is 0.386. The summed E-state index contributed by atoms with van der Waals surface area (Å²) in [5.74, 6) is -1.69. The topological polar surface area (TPSA) is 149 Å². The lowest BCUT2D eigenvalue weighted by atomic mass is 9.84. The van der Waals surface area contributed by atoms with Gasteiger partial charge in [0.25, 0.3) is 5.91 Å². The van der Waals surface area contributed by atoms with E-state index in [-0.39, 0.29) is 47.7 Å². The molecule has 2 aromatic carbocycles. The zero-order valence-corrected chi connectivity index (χ0v) is 21.0. The number of amidine groups is 1. The average Bonchev–Trinajstić information content (AvgIpc) is 3.10. The van der Waals surface area contributed by atoms with Crippen molar-refractivity contribution in [3.8, 4) is 17.2 Å². The van der Waals surface area contributed by atoms with E-state index >= 15 is 0 Å². The van der Waals surface area contributed by atoms with Crippen molar-refractivity contribution in [2.24, 2.45) is 0 Å². The average molecular weight is 498 g/mol. The number of nitrogens with zero attached hydrogens (tertiary/aromatic N) is 1. The number of carboxylic acid groups (broad SMARTS) is 1. The van der Waals surface area contributed by atoms with Gasteiger partial charge in [0.05, 0.1) is 18.7 Å². The van der Waals surface area contributed by atoms with E-state index in [0.29, 0.717) is 29.0 Å². The highest BCUT2D eigenvalue weighted by atomic mass is 16.5. The van der Waals surface area contributed by atoms with Crippen molar-refractivity contribution in [3.05, 3.63) is 52.1 Å². The number of carboxylic acids is 1. The molecule has 3 rings (SSSR count). The summed E-state index contributed by atoms with van der Waals surface area (Å²) in [6.07, 6.45) is 0. The molecule has 10 heteroatoms. The van der Waals surface area contributed by atoms with Crippen LogP contribution < -0.4 is 14.8 Å². The van der Waals surface area contributed by atoms with Crippen LogP contribution in [0.4, 0.5) is 0 Å². The molecule has 0 fully saturated rings. The predicted octanol–water partition coefficient (Wildman–Crippen LogP) is 2.94. The fourth-order valence-corrected chi connectivity index (χ4v) is 4.00. The molecular weight excluding hydrogens is 466 g/mol. The number of phenols is 1. The van der Waals surface area contributed by atoms with E-state index < -0.39 is 18.0 Å². The maximum Gasteiger partial charge on any atom is 0.341 e. The second-order valence-corrected chi connectivity index (χ2v) is 9.45. The van der Waals surface area contributed by atoms with Crippen LogP contribution in [0.25, 0.3) is 0 Å². The van der Waals surface area contributed by atoms with Crippen molar-refractivity contribution in [2.75, 3.05) is 26.8 Å². The molecule has 4 N–H and O–H groups in total. The summed E-state index contributed by atoms with van der Waals surface area (Å²) in [5, 5.41) is 30.8. The first kappa shape index (κ1) is 26.5. The maximum absolute atomic E-state index is 13.3. The van der Waals surface area contributed by atoms with Crippen molar-refractivity contribution in [2.45, 2.75) is 39.7 Å². The molecule has 0 atom stereocenters. The number of amides is 1. The van der Waals surface area contributed by atoms with E-state index in [1.54, 1.807) is 23.1 Å². The van der Waals surface area contributed by atoms with Gasteiger partial charge in [0.15, 0.2) is 23.9 Å². The van der Waals surface area contributed by atoms with Gasteiger partial charge in [-0.2, -0.15) is 0 Å². The maximum atomic E-state index is 13.3. The number of ether oxygens (including phenoxy) is 2. The van der Waals surface area contributed by atoms with E-state index in [1.165, 1.54) is 13.1 Å². The standard InChI is InChI=1S/C26H31N3O7/c1-6-35-20-9-15-11-29(24(27)16(15)10-17(20)25(34)28-5)12-19(30)14-7-18(26(2,3)4)23(33)21(8-14)36-13-22(31)32/h7-10,27,33H,6,11-13H2,1-5H3,(H,28,34)(H,31,32). The molecule has 192 valence electrons. The van der Waals surface area contributed by atoms with Gasteiger partial charge in [-0.15, -0.1) is 0 Å². The van der Waals surface area contributed by atoms with Gasteiger partial charge in [0.2, 0.25) is 0 Å². The Bertz CT molecular complexity index is 1230. The molecule has 2 aromatic rings. The molecule has 0 radical (unpaired) electrons. The number of hydrogen-bond acceptors (Lipinski definition) is 7. The molecule has 36 heavy (non-hydrogen) atoms. The molecular formula is C26H31N3O7. The van der Waals surface area contributed by atoms with Crippen LogP contribution in [0.2, 0.25) is 0 Å². The molecule has 0 saturated carbocycles. The molecule has 0 unspecified atom stereocenters. The van der Waals surface area contributed by atoms with Gasteiger partial charge in [-0.25, -0.2) is 4.79 Å². The van der Waals surface area contributed by atoms with Crippen LogP contribution in [-0.2, 0) is 16.8 Å². The number of ketones is 1. The van der Waals surface area contributed by atoms with Gasteiger partial charge in [0.1, 0.15) is 11.6 Å². The second-order valence-electron chi connectivity index (χ2n) is 9.45. The number of rotatable bonds is 9. The Morgan fingerprint density at radius 1 is 1.11 bits per heavy atom. The summed E-state index contributed by atoms with van der Waals surface area (Å²) in [4.78, 5) is 38.2. The van der Waals surface area contributed by atoms with E-state index in [2.05, 4.69) is 5.32 Å². The minimum Gasteiger partial charge on any atom is -0.504 e. The Labute approximate surface area is 209 Å². The van der Waals surface area contributed by atoms with Gasteiger partial charge in [-0.05, 0) is 42.2 Å². The number of hydrogen-bond donors (Lipinski definition) is 4. The van der Waals surface area contributed by atoms with Gasteiger partial charge >= 0.3 is 5.97 Å². The van der Waals surface area contributed by atoms with E-state index in [4.69, 9.17) is 20.0 Å². The molecule has 1 aliphatic rings. The van der Waals surface area contributed by atoms with Gasteiger partial charge in [-0.3, -0.25) is 15.0 Å². The highest BCUT2D eigenvalue weighted by Crippen LogP contribution is 2.39. The highest BCUT2D eigenvalue weighted by molar-refractivity contribution is 6.07. The number of Topliss-reactive ketones (excluding diaryl/α,β-unsaturated/α-hetero) is 1. The second kappa shape index (κ2) is 10.3. The van der Waals surface area contributed by atoms with Crippen LogP contribution in [0.1, 0.15) is 65.1 Å². The number of carbonyl (C=O) groups is 3. The lowest BCUT2D eigenvalue weighted by Crippen LogP contribution is -2.30. The van der Waals surface area contributed by atoms with Gasteiger partial charge in [0, 0.05) is 30.3 Å². The van der Waals surface area contributed by atoms with Crippen LogP contribution in [-0.4, -0.2) is 65.4 Å². The first-order valence-electron chi connectivity index (χ1n) is 11.5. The van der Waals surface area contributed by atoms with Crippen LogP contribution in [0.15, 0.2) is 24.3 Å². The summed E-state index contributed by atoms with van der Waals surface area (Å²) in [7, 11) is 1.51. The van der Waals surface area contributed by atoms with E-state index in [1.807, 2.05) is 27.7 Å². The van der Waals surface area contributed by atoms with Crippen molar-refractivity contribution < 1.29 is 34.1 Å². The molecule has 0 aliphatic carbocycles. The third kappa shape index (κ3) is 5.42. The first-order valence-corrected chi connectivity index (χ1v) is 11.5. The summed E-state index contributed by atoms with van der Waals surface area (Å²) in [5.41, 5.74) is 1.72. The molecule has 0 spiro atoms. The summed E-state index contributed by atoms with van der Waals surface area (Å²) >= 11 is 0. The Kier molecular flexibility index (Phi) is 7.57. The molecule has 1 aliphatic heterocycles. The zero-order valence-electron chi connectivity index (χ0n) is 21.0. The SMILES string of the molecule is CCOc1cc2c(cc1C(=O)NC)C(=N)N(CC(=O)c1cc(OCC(=O)O)c(O)c(C(C)(C)C)c1)C2. The van der Waals surface area contributed by atoms with Crippen molar-refractivity contribution in [1.29, 1.82) is 5.41 Å². The Morgan fingerprint density at radius 2 is 1.81 bits per heavy atom. The van der Waals surface area contributed by atoms with Gasteiger partial charge in [-0.1, -0.05) is 20.8 Å². The monoisotopic (exact) mass is 497 g/mol. The number of carbonyl (C=O) groups excluding carboxylic acids is 2. The summed E-state index contributed by atoms with van der Waals surface area (Å²) in [6, 6.07) is 6.20. The van der Waals surface area contributed by atoms with Crippen LogP contribution in [0, 0.1) is 5.41 Å². The highest BCUT2D eigenvalue weighted by Gasteiger charge is 2.30. The molecule has 1 amide bonds. The lowest BCUT2D eigenvalue weighted by molar-refractivity contribution is -0.139. The third-order valence-corrected chi connectivity index (χ3v) is 5.80. The number of nitrogens with one attached hydrogen (secondary N) is 2. The zero-order chi connectivity index (χ0) is 26.8. The minimum absolute atomic E-state index is 0.0930. The number of aromatic hydroxyl groups is 1. The fraction of sp³-hybridized carbons (Fsp3) is 0.385. The number of fused-ring (bicyclic) bond motifs is 1. The van der Waals surface area contributed by atoms with Gasteiger partial charge < -0.3 is 29.9 Å². The Morgan fingerprint density at radius 3 is 2.39 bits per heavy atom. The fourth-order valence-electron chi connectivity index (χ4n) is 4.00. The lowest BCUT2D eigenvalue weighted by Gasteiger charge is -2.23. The Hall–Kier alpha value is -4.08. The third-order valence-electron chi connectivity index (χ3n) is 5.80. The first-order chi connectivity index (χ1) is 16.9. The molecule has 10 nitrogen and oxygen atoms in total. The van der Waals surface area contributed by atoms with E-state index in [9.17, 15) is 19.5 Å². The molecule has 1 heterocycles. The number of aliphatic carboxylic acids is 1. The van der Waals surface area contributed by atoms with Crippen LogP contribution >= 0.6 is 0 Å². The smallest absolute Gasteiger partial charge is 0.341 e. The summed E-state index contributed by atoms with van der Waals surface area (Å²) in [6.45, 7) is 7.20. The summed E-state index contributed by atoms with van der Waals surface area (Å²) < 4.78 is 10.9. The number of phenolic OH excluding ortho intramolecular Hbond substituents is 1. The molecule has 0 saturated heterocycles. The number of benzene rings is 2. The van der Waals surface area contributed by atoms with Crippen molar-refractivity contribution >= 4 is 23.5 Å². The largest absolute Gasteiger partial charge is 0.504 e. The normalized spacial score (nSPS) is 12.8. The van der Waals surface area contributed by atoms with Crippen molar-refractivity contribution in [1.82, 2.24) is 10.2 Å². The van der Waals surface area contributed by atoms with E-state index in [0.717, 1.165) is 5.56 Å². The minimum atomic E-state index is -1.21. The predicted molar refractivity (Wildman–Crippen MR) is 133 cm³/mol.